The molecule has 0 spiro atoms. The second-order valence-corrected chi connectivity index (χ2v) is 7.79. The first kappa shape index (κ1) is 20.0. The summed E-state index contributed by atoms with van der Waals surface area (Å²) >= 11 is 1.78. The Labute approximate surface area is 159 Å². The molecule has 0 saturated carbocycles. The van der Waals surface area contributed by atoms with Crippen LogP contribution in [0.4, 0.5) is 5.69 Å². The molecule has 0 atom stereocenters. The van der Waals surface area contributed by atoms with Crippen molar-refractivity contribution in [1.29, 1.82) is 0 Å². The third-order valence-electron chi connectivity index (χ3n) is 4.09. The van der Waals surface area contributed by atoms with Crippen molar-refractivity contribution in [2.75, 3.05) is 25.5 Å². The predicted octanol–water partition coefficient (Wildman–Crippen LogP) is 3.39. The second-order valence-electron chi connectivity index (χ2n) is 6.84. The molecule has 3 N–H and O–H groups in total. The molecular weight excluding hydrogens is 344 g/mol. The van der Waals surface area contributed by atoms with Crippen LogP contribution in [0, 0.1) is 0 Å². The molecule has 0 bridgehead atoms. The summed E-state index contributed by atoms with van der Waals surface area (Å²) in [7, 11) is 1.79. The van der Waals surface area contributed by atoms with Crippen molar-refractivity contribution in [3.05, 3.63) is 52.2 Å². The molecule has 0 unspecified atom stereocenters. The summed E-state index contributed by atoms with van der Waals surface area (Å²) in [6, 6.07) is 12.2. The van der Waals surface area contributed by atoms with Gasteiger partial charge in [0.25, 0.3) is 0 Å². The fourth-order valence-electron chi connectivity index (χ4n) is 2.56. The number of rotatable bonds is 7. The van der Waals surface area contributed by atoms with Crippen LogP contribution in [0.5, 0.6) is 0 Å². The Bertz CT molecular complexity index is 721. The Morgan fingerprint density at radius 1 is 1.15 bits per heavy atom. The first-order chi connectivity index (χ1) is 12.4. The van der Waals surface area contributed by atoms with Crippen LogP contribution >= 0.6 is 11.3 Å². The molecule has 5 nitrogen and oxygen atoms in total. The van der Waals surface area contributed by atoms with Gasteiger partial charge in [-0.05, 0) is 35.6 Å². The van der Waals surface area contributed by atoms with Crippen LogP contribution in [0.15, 0.2) is 46.8 Å². The summed E-state index contributed by atoms with van der Waals surface area (Å²) in [4.78, 5) is 16.7. The molecule has 0 aliphatic carbocycles. The molecule has 0 aliphatic rings. The first-order valence-corrected chi connectivity index (χ1v) is 9.64. The number of aliphatic imine (C=N–C) groups is 1. The average Bonchev–Trinajstić information content (AvgIpc) is 3.14. The lowest BCUT2D eigenvalue weighted by Crippen LogP contribution is -2.43. The van der Waals surface area contributed by atoms with Gasteiger partial charge in [0, 0.05) is 43.0 Å². The molecule has 0 radical (unpaired) electrons. The van der Waals surface area contributed by atoms with Gasteiger partial charge in [-0.15, -0.1) is 11.3 Å². The highest BCUT2D eigenvalue weighted by Gasteiger charge is 2.21. The molecule has 6 heteroatoms. The van der Waals surface area contributed by atoms with Crippen molar-refractivity contribution in [2.45, 2.75) is 32.6 Å². The fraction of sp³-hybridized carbons (Fsp3) is 0.400. The van der Waals surface area contributed by atoms with E-state index in [4.69, 9.17) is 0 Å². The number of nitrogens with one attached hydrogen (secondary N) is 3. The normalized spacial score (nSPS) is 11.9. The van der Waals surface area contributed by atoms with Crippen LogP contribution in [0.25, 0.3) is 0 Å². The molecule has 0 saturated heterocycles. The predicted molar refractivity (Wildman–Crippen MR) is 111 cm³/mol. The summed E-state index contributed by atoms with van der Waals surface area (Å²) in [5.41, 5.74) is 2.09. The van der Waals surface area contributed by atoms with E-state index in [0.29, 0.717) is 0 Å². The third-order valence-corrected chi connectivity index (χ3v) is 5.33. The molecule has 1 heterocycles. The highest BCUT2D eigenvalue weighted by atomic mass is 32.1. The molecule has 1 amide bonds. The van der Waals surface area contributed by atoms with Crippen LogP contribution < -0.4 is 16.0 Å². The standard InChI is InChI=1S/C20H28N4OS/c1-15(25)24-17-9-7-16(8-10-17)11-12-22-19(21-4)23-14-20(2,3)18-6-5-13-26-18/h5-10,13H,11-12,14H2,1-4H3,(H,24,25)(H2,21,22,23). The van der Waals surface area contributed by atoms with Crippen molar-refractivity contribution in [3.8, 4) is 0 Å². The lowest BCUT2D eigenvalue weighted by molar-refractivity contribution is -0.114. The highest BCUT2D eigenvalue weighted by molar-refractivity contribution is 7.10. The zero-order valence-corrected chi connectivity index (χ0v) is 16.7. The summed E-state index contributed by atoms with van der Waals surface area (Å²) in [6.07, 6.45) is 0.884. The van der Waals surface area contributed by atoms with Crippen molar-refractivity contribution >= 4 is 28.9 Å². The van der Waals surface area contributed by atoms with E-state index in [-0.39, 0.29) is 11.3 Å². The summed E-state index contributed by atoms with van der Waals surface area (Å²) < 4.78 is 0. The Balaban J connectivity index is 1.77. The van der Waals surface area contributed by atoms with Gasteiger partial charge in [0.1, 0.15) is 0 Å². The maximum absolute atomic E-state index is 11.0. The molecule has 0 aliphatic heterocycles. The highest BCUT2D eigenvalue weighted by Crippen LogP contribution is 2.26. The number of nitrogens with zero attached hydrogens (tertiary/aromatic N) is 1. The zero-order valence-electron chi connectivity index (χ0n) is 15.9. The lowest BCUT2D eigenvalue weighted by atomic mass is 9.91. The van der Waals surface area contributed by atoms with E-state index in [2.05, 4.69) is 52.3 Å². The number of hydrogen-bond acceptors (Lipinski definition) is 3. The molecule has 140 valence electrons. The molecule has 2 aromatic rings. The summed E-state index contributed by atoms with van der Waals surface area (Å²) in [5, 5.41) is 11.7. The van der Waals surface area contributed by atoms with Crippen LogP contribution in [0.3, 0.4) is 0 Å². The third kappa shape index (κ3) is 6.19. The average molecular weight is 373 g/mol. The van der Waals surface area contributed by atoms with Crippen LogP contribution in [0.2, 0.25) is 0 Å². The van der Waals surface area contributed by atoms with Gasteiger partial charge >= 0.3 is 0 Å². The van der Waals surface area contributed by atoms with Gasteiger partial charge in [-0.1, -0.05) is 32.0 Å². The first-order valence-electron chi connectivity index (χ1n) is 8.76. The molecule has 1 aromatic carbocycles. The number of hydrogen-bond donors (Lipinski definition) is 3. The van der Waals surface area contributed by atoms with Gasteiger partial charge in [0.2, 0.25) is 5.91 Å². The Morgan fingerprint density at radius 3 is 2.46 bits per heavy atom. The minimum absolute atomic E-state index is 0.0558. The van der Waals surface area contributed by atoms with Crippen molar-refractivity contribution < 1.29 is 4.79 Å². The van der Waals surface area contributed by atoms with Gasteiger partial charge in [-0.3, -0.25) is 9.79 Å². The maximum atomic E-state index is 11.0. The fourth-order valence-corrected chi connectivity index (χ4v) is 3.41. The second kappa shape index (κ2) is 9.38. The number of carbonyl (C=O) groups is 1. The topological polar surface area (TPSA) is 65.5 Å². The number of benzene rings is 1. The monoisotopic (exact) mass is 372 g/mol. The maximum Gasteiger partial charge on any atom is 0.221 e. The summed E-state index contributed by atoms with van der Waals surface area (Å²) in [5.74, 6) is 0.754. The number of anilines is 1. The molecule has 1 aromatic heterocycles. The van der Waals surface area contributed by atoms with Crippen LogP contribution in [-0.4, -0.2) is 32.0 Å². The van der Waals surface area contributed by atoms with Crippen molar-refractivity contribution in [2.24, 2.45) is 4.99 Å². The van der Waals surface area contributed by atoms with E-state index in [1.54, 1.807) is 18.4 Å². The number of carbonyl (C=O) groups excluding carboxylic acids is 1. The number of guanidine groups is 1. The summed E-state index contributed by atoms with van der Waals surface area (Å²) in [6.45, 7) is 7.58. The van der Waals surface area contributed by atoms with E-state index in [1.165, 1.54) is 17.4 Å². The van der Waals surface area contributed by atoms with Crippen molar-refractivity contribution in [1.82, 2.24) is 10.6 Å². The van der Waals surface area contributed by atoms with Gasteiger partial charge in [0.05, 0.1) is 0 Å². The smallest absolute Gasteiger partial charge is 0.221 e. The van der Waals surface area contributed by atoms with Gasteiger partial charge in [-0.2, -0.15) is 0 Å². The van der Waals surface area contributed by atoms with E-state index >= 15 is 0 Å². The minimum Gasteiger partial charge on any atom is -0.356 e. The van der Waals surface area contributed by atoms with E-state index < -0.39 is 0 Å². The van der Waals surface area contributed by atoms with Gasteiger partial charge < -0.3 is 16.0 Å². The van der Waals surface area contributed by atoms with Gasteiger partial charge in [-0.25, -0.2) is 0 Å². The van der Waals surface area contributed by atoms with Crippen molar-refractivity contribution in [3.63, 3.8) is 0 Å². The van der Waals surface area contributed by atoms with Gasteiger partial charge in [0.15, 0.2) is 5.96 Å². The van der Waals surface area contributed by atoms with Crippen LogP contribution in [0.1, 0.15) is 31.2 Å². The Hall–Kier alpha value is -2.34. The minimum atomic E-state index is -0.0558. The molecular formula is C20H28N4OS. The molecule has 0 fully saturated rings. The number of thiophene rings is 1. The molecule has 26 heavy (non-hydrogen) atoms. The van der Waals surface area contributed by atoms with E-state index in [0.717, 1.165) is 31.2 Å². The van der Waals surface area contributed by atoms with E-state index in [1.807, 2.05) is 24.3 Å². The van der Waals surface area contributed by atoms with E-state index in [9.17, 15) is 4.79 Å². The SMILES string of the molecule is CN=C(NCCc1ccc(NC(C)=O)cc1)NCC(C)(C)c1cccs1. The molecule has 2 rings (SSSR count). The zero-order chi connectivity index (χ0) is 19.0. The Kier molecular flexibility index (Phi) is 7.21. The number of amides is 1. The quantitative estimate of drug-likeness (QED) is 0.516. The van der Waals surface area contributed by atoms with Crippen LogP contribution in [-0.2, 0) is 16.6 Å². The largest absolute Gasteiger partial charge is 0.356 e. The Morgan fingerprint density at radius 2 is 1.88 bits per heavy atom. The lowest BCUT2D eigenvalue weighted by Gasteiger charge is -2.25.